The van der Waals surface area contributed by atoms with Crippen LogP contribution in [0.5, 0.6) is 23.0 Å². The number of epoxide rings is 1. The Bertz CT molecular complexity index is 752. The Balaban J connectivity index is 1.41. The molecule has 2 aromatic rings. The van der Waals surface area contributed by atoms with Gasteiger partial charge in [0.15, 0.2) is 0 Å². The molecule has 2 unspecified atom stereocenters. The van der Waals surface area contributed by atoms with Crippen molar-refractivity contribution in [2.75, 3.05) is 26.4 Å². The zero-order valence-electron chi connectivity index (χ0n) is 18.0. The minimum Gasteiger partial charge on any atom is -0.494 e. The molecule has 3 rings (SSSR count). The fraction of sp³-hybridized carbons (Fsp3) is 0.500. The van der Waals surface area contributed by atoms with Crippen LogP contribution in [-0.2, 0) is 4.74 Å². The third kappa shape index (κ3) is 7.76. The molecule has 1 heterocycles. The summed E-state index contributed by atoms with van der Waals surface area (Å²) in [6.45, 7) is 8.21. The normalized spacial score (nSPS) is 16.6. The summed E-state index contributed by atoms with van der Waals surface area (Å²) in [5.74, 6) is 3.03. The highest BCUT2D eigenvalue weighted by atomic mass is 16.6. The summed E-state index contributed by atoms with van der Waals surface area (Å²) in [5, 5.41) is 10.4. The highest BCUT2D eigenvalue weighted by Crippen LogP contribution is 2.26. The van der Waals surface area contributed by atoms with Crippen LogP contribution >= 0.6 is 0 Å². The number of benzene rings is 2. The number of aliphatic hydroxyl groups excluding tert-OH is 1. The summed E-state index contributed by atoms with van der Waals surface area (Å²) >= 11 is 0. The van der Waals surface area contributed by atoms with Crippen molar-refractivity contribution in [1.29, 1.82) is 0 Å². The number of hydrogen-bond acceptors (Lipinski definition) is 6. The van der Waals surface area contributed by atoms with Gasteiger partial charge in [-0.15, -0.1) is 0 Å². The Morgan fingerprint density at radius 3 is 2.03 bits per heavy atom. The Hall–Kier alpha value is -2.44. The van der Waals surface area contributed by atoms with Gasteiger partial charge in [0.25, 0.3) is 0 Å². The molecular formula is C24H32O6. The lowest BCUT2D eigenvalue weighted by molar-refractivity contribution is 0.0174. The molecule has 1 N–H and O–H groups in total. The van der Waals surface area contributed by atoms with Crippen molar-refractivity contribution in [3.05, 3.63) is 48.5 Å². The summed E-state index contributed by atoms with van der Waals surface area (Å²) < 4.78 is 28.1. The van der Waals surface area contributed by atoms with Crippen LogP contribution in [-0.4, -0.2) is 49.3 Å². The highest BCUT2D eigenvalue weighted by molar-refractivity contribution is 5.32. The Morgan fingerprint density at radius 2 is 1.47 bits per heavy atom. The number of ether oxygens (including phenoxy) is 5. The quantitative estimate of drug-likeness (QED) is 0.493. The predicted octanol–water partition coefficient (Wildman–Crippen LogP) is 4.24. The van der Waals surface area contributed by atoms with Crippen LogP contribution in [0.3, 0.4) is 0 Å². The second-order valence-corrected chi connectivity index (χ2v) is 8.09. The molecule has 1 aliphatic rings. The average Bonchev–Trinajstić information content (AvgIpc) is 3.55. The van der Waals surface area contributed by atoms with Crippen LogP contribution in [0.1, 0.15) is 33.6 Å². The lowest BCUT2D eigenvalue weighted by Gasteiger charge is -2.29. The summed E-state index contributed by atoms with van der Waals surface area (Å²) in [4.78, 5) is 0. The van der Waals surface area contributed by atoms with Gasteiger partial charge in [-0.05, 0) is 68.8 Å². The van der Waals surface area contributed by atoms with Crippen molar-refractivity contribution in [1.82, 2.24) is 0 Å². The fourth-order valence-corrected chi connectivity index (χ4v) is 2.99. The second-order valence-electron chi connectivity index (χ2n) is 8.09. The van der Waals surface area contributed by atoms with Gasteiger partial charge in [-0.3, -0.25) is 0 Å². The van der Waals surface area contributed by atoms with Crippen molar-refractivity contribution < 1.29 is 28.8 Å². The minimum absolute atomic E-state index is 0.192. The third-order valence-electron chi connectivity index (χ3n) is 4.52. The average molecular weight is 417 g/mol. The highest BCUT2D eigenvalue weighted by Gasteiger charge is 2.25. The van der Waals surface area contributed by atoms with Gasteiger partial charge in [0.1, 0.15) is 47.9 Å². The molecule has 6 nitrogen and oxygen atoms in total. The van der Waals surface area contributed by atoms with Crippen LogP contribution < -0.4 is 18.9 Å². The molecule has 0 spiro atoms. The third-order valence-corrected chi connectivity index (χ3v) is 4.52. The molecule has 0 aliphatic carbocycles. The molecule has 0 saturated carbocycles. The smallest absolute Gasteiger partial charge is 0.120 e. The topological polar surface area (TPSA) is 69.7 Å². The first kappa shape index (κ1) is 22.2. The van der Waals surface area contributed by atoms with Crippen molar-refractivity contribution in [3.8, 4) is 23.0 Å². The summed E-state index contributed by atoms with van der Waals surface area (Å²) in [7, 11) is 0. The number of hydrogen-bond donors (Lipinski definition) is 1. The van der Waals surface area contributed by atoms with Gasteiger partial charge in [-0.2, -0.15) is 0 Å². The number of aliphatic hydroxyl groups is 1. The lowest BCUT2D eigenvalue weighted by Crippen LogP contribution is -2.35. The minimum atomic E-state index is -0.655. The van der Waals surface area contributed by atoms with E-state index in [9.17, 15) is 5.11 Å². The molecular weight excluding hydrogens is 384 g/mol. The van der Waals surface area contributed by atoms with E-state index in [1.165, 1.54) is 0 Å². The van der Waals surface area contributed by atoms with Crippen LogP contribution in [0.25, 0.3) is 0 Å². The maximum Gasteiger partial charge on any atom is 0.120 e. The van der Waals surface area contributed by atoms with E-state index < -0.39 is 11.7 Å². The first-order chi connectivity index (χ1) is 14.4. The van der Waals surface area contributed by atoms with E-state index in [0.717, 1.165) is 30.3 Å². The maximum atomic E-state index is 10.4. The van der Waals surface area contributed by atoms with E-state index in [-0.39, 0.29) is 12.7 Å². The molecule has 0 aromatic heterocycles. The van der Waals surface area contributed by atoms with E-state index >= 15 is 0 Å². The van der Waals surface area contributed by atoms with Crippen LogP contribution in [0, 0.1) is 0 Å². The standard InChI is InChI=1S/C24H32O6/c1-4-13-26-19-5-7-20(8-6-19)27-15-18(25)14-24(2,3)30-22-11-9-21(10-12-22)28-16-23-17-29-23/h5-12,18,23,25H,4,13-17H2,1-3H3. The van der Waals surface area contributed by atoms with Gasteiger partial charge in [-0.25, -0.2) is 0 Å². The lowest BCUT2D eigenvalue weighted by atomic mass is 10.0. The van der Waals surface area contributed by atoms with Gasteiger partial charge in [0.05, 0.1) is 19.3 Å². The van der Waals surface area contributed by atoms with E-state index in [1.54, 1.807) is 0 Å². The van der Waals surface area contributed by atoms with Crippen LogP contribution in [0.2, 0.25) is 0 Å². The molecule has 6 heteroatoms. The van der Waals surface area contributed by atoms with Gasteiger partial charge in [-0.1, -0.05) is 6.92 Å². The first-order valence-electron chi connectivity index (χ1n) is 10.5. The van der Waals surface area contributed by atoms with Gasteiger partial charge >= 0.3 is 0 Å². The van der Waals surface area contributed by atoms with Crippen molar-refractivity contribution in [2.45, 2.75) is 51.4 Å². The second kappa shape index (κ2) is 10.5. The number of rotatable bonds is 13. The Labute approximate surface area is 178 Å². The zero-order chi connectivity index (χ0) is 21.4. The molecule has 0 radical (unpaired) electrons. The first-order valence-corrected chi connectivity index (χ1v) is 10.5. The van der Waals surface area contributed by atoms with Crippen molar-refractivity contribution >= 4 is 0 Å². The molecule has 30 heavy (non-hydrogen) atoms. The van der Waals surface area contributed by atoms with E-state index in [0.29, 0.717) is 25.4 Å². The van der Waals surface area contributed by atoms with Gasteiger partial charge in [0.2, 0.25) is 0 Å². The molecule has 2 atom stereocenters. The molecule has 0 bridgehead atoms. The summed E-state index contributed by atoms with van der Waals surface area (Å²) in [6.07, 6.45) is 0.978. The van der Waals surface area contributed by atoms with E-state index in [4.69, 9.17) is 23.7 Å². The molecule has 1 fully saturated rings. The monoisotopic (exact) mass is 416 g/mol. The SMILES string of the molecule is CCCOc1ccc(OCC(O)CC(C)(C)Oc2ccc(OCC3CO3)cc2)cc1. The van der Waals surface area contributed by atoms with Gasteiger partial charge < -0.3 is 28.8 Å². The predicted molar refractivity (Wildman–Crippen MR) is 115 cm³/mol. The fourth-order valence-electron chi connectivity index (χ4n) is 2.99. The molecule has 164 valence electrons. The van der Waals surface area contributed by atoms with Gasteiger partial charge in [0, 0.05) is 6.42 Å². The van der Waals surface area contributed by atoms with Crippen LogP contribution in [0.15, 0.2) is 48.5 Å². The van der Waals surface area contributed by atoms with Crippen LogP contribution in [0.4, 0.5) is 0 Å². The van der Waals surface area contributed by atoms with Crippen molar-refractivity contribution in [2.24, 2.45) is 0 Å². The molecule has 2 aromatic carbocycles. The van der Waals surface area contributed by atoms with E-state index in [2.05, 4.69) is 6.92 Å². The maximum absolute atomic E-state index is 10.4. The largest absolute Gasteiger partial charge is 0.494 e. The Morgan fingerprint density at radius 1 is 0.933 bits per heavy atom. The zero-order valence-corrected chi connectivity index (χ0v) is 18.0. The summed E-state index contributed by atoms with van der Waals surface area (Å²) in [6, 6.07) is 14.9. The summed E-state index contributed by atoms with van der Waals surface area (Å²) in [5.41, 5.74) is -0.551. The van der Waals surface area contributed by atoms with E-state index in [1.807, 2.05) is 62.4 Å². The molecule has 1 saturated heterocycles. The molecule has 1 aliphatic heterocycles. The molecule has 0 amide bonds. The van der Waals surface area contributed by atoms with Crippen molar-refractivity contribution in [3.63, 3.8) is 0 Å². The Kier molecular flexibility index (Phi) is 7.82.